The Bertz CT molecular complexity index is 419. The maximum Gasteiger partial charge on any atom is 0.0538 e. The van der Waals surface area contributed by atoms with Gasteiger partial charge in [0.1, 0.15) is 0 Å². The van der Waals surface area contributed by atoms with Crippen LogP contribution in [0.5, 0.6) is 0 Å². The van der Waals surface area contributed by atoms with Gasteiger partial charge in [-0.1, -0.05) is 40.5 Å². The summed E-state index contributed by atoms with van der Waals surface area (Å²) in [5.41, 5.74) is 1.42. The third-order valence-electron chi connectivity index (χ3n) is 3.69. The summed E-state index contributed by atoms with van der Waals surface area (Å²) < 4.78 is 6.66. The highest BCUT2D eigenvalue weighted by atomic mass is 79.9. The van der Waals surface area contributed by atoms with Crippen LogP contribution in [0.2, 0.25) is 5.02 Å². The molecular formula is C15H21BrClNO. The molecule has 1 aromatic rings. The number of rotatable bonds is 6. The van der Waals surface area contributed by atoms with E-state index in [1.54, 1.807) is 0 Å². The summed E-state index contributed by atoms with van der Waals surface area (Å²) in [4.78, 5) is 0. The smallest absolute Gasteiger partial charge is 0.0538 e. The van der Waals surface area contributed by atoms with Gasteiger partial charge in [0.05, 0.1) is 6.61 Å². The fourth-order valence-corrected chi connectivity index (χ4v) is 3.33. The third-order valence-corrected chi connectivity index (χ3v) is 4.54. The topological polar surface area (TPSA) is 21.3 Å². The van der Waals surface area contributed by atoms with Crippen molar-refractivity contribution in [2.75, 3.05) is 26.3 Å². The van der Waals surface area contributed by atoms with Crippen molar-refractivity contribution in [3.63, 3.8) is 0 Å². The summed E-state index contributed by atoms with van der Waals surface area (Å²) in [6, 6.07) is 6.15. The van der Waals surface area contributed by atoms with Crippen molar-refractivity contribution in [2.24, 2.45) is 5.41 Å². The van der Waals surface area contributed by atoms with Crippen LogP contribution in [0, 0.1) is 5.41 Å². The van der Waals surface area contributed by atoms with Gasteiger partial charge < -0.3 is 10.1 Å². The number of nitrogens with one attached hydrogen (secondary N) is 1. The van der Waals surface area contributed by atoms with Crippen LogP contribution < -0.4 is 5.32 Å². The summed E-state index contributed by atoms with van der Waals surface area (Å²) in [5.74, 6) is 0. The molecule has 4 heteroatoms. The lowest BCUT2D eigenvalue weighted by atomic mass is 9.81. The van der Waals surface area contributed by atoms with Crippen LogP contribution in [-0.4, -0.2) is 26.3 Å². The number of hydrogen-bond donors (Lipinski definition) is 1. The molecule has 1 heterocycles. The largest absolute Gasteiger partial charge is 0.381 e. The van der Waals surface area contributed by atoms with E-state index < -0.39 is 0 Å². The van der Waals surface area contributed by atoms with Crippen molar-refractivity contribution in [3.8, 4) is 0 Å². The van der Waals surface area contributed by atoms with Crippen LogP contribution in [-0.2, 0) is 11.2 Å². The van der Waals surface area contributed by atoms with E-state index in [0.29, 0.717) is 0 Å². The van der Waals surface area contributed by atoms with E-state index in [1.165, 1.54) is 5.56 Å². The molecule has 0 saturated carbocycles. The zero-order valence-electron chi connectivity index (χ0n) is 11.3. The fraction of sp³-hybridized carbons (Fsp3) is 0.600. The molecule has 0 aliphatic carbocycles. The van der Waals surface area contributed by atoms with Crippen molar-refractivity contribution in [2.45, 2.75) is 26.2 Å². The van der Waals surface area contributed by atoms with E-state index in [2.05, 4.69) is 40.3 Å². The van der Waals surface area contributed by atoms with Gasteiger partial charge in [-0.25, -0.2) is 0 Å². The molecule has 2 nitrogen and oxygen atoms in total. The average Bonchev–Trinajstić information content (AvgIpc) is 2.82. The Morgan fingerprint density at radius 3 is 2.95 bits per heavy atom. The molecule has 2 rings (SSSR count). The number of benzene rings is 1. The fourth-order valence-electron chi connectivity index (χ4n) is 2.59. The Kier molecular flexibility index (Phi) is 5.70. The number of halogens is 2. The SMILES string of the molecule is CCCNCC1(Cc2ccc(Br)cc2Cl)CCOC1. The second-order valence-electron chi connectivity index (χ2n) is 5.39. The summed E-state index contributed by atoms with van der Waals surface area (Å²) in [5, 5.41) is 4.38. The zero-order chi connectivity index (χ0) is 13.7. The van der Waals surface area contributed by atoms with Gasteiger partial charge in [-0.3, -0.25) is 0 Å². The summed E-state index contributed by atoms with van der Waals surface area (Å²) in [6.45, 7) is 5.96. The Labute approximate surface area is 129 Å². The molecule has 1 saturated heterocycles. The van der Waals surface area contributed by atoms with Crippen molar-refractivity contribution >= 4 is 27.5 Å². The van der Waals surface area contributed by atoms with Gasteiger partial charge in [-0.05, 0) is 43.5 Å². The van der Waals surface area contributed by atoms with Crippen molar-refractivity contribution in [1.82, 2.24) is 5.32 Å². The van der Waals surface area contributed by atoms with Crippen LogP contribution in [0.1, 0.15) is 25.3 Å². The molecule has 1 unspecified atom stereocenters. The Morgan fingerprint density at radius 1 is 1.47 bits per heavy atom. The van der Waals surface area contributed by atoms with Gasteiger partial charge in [0.2, 0.25) is 0 Å². The normalized spacial score (nSPS) is 22.9. The molecule has 1 aliphatic rings. The van der Waals surface area contributed by atoms with Crippen LogP contribution in [0.15, 0.2) is 22.7 Å². The summed E-state index contributed by atoms with van der Waals surface area (Å²) >= 11 is 9.79. The molecule has 106 valence electrons. The Hall–Kier alpha value is -0.0900. The van der Waals surface area contributed by atoms with Gasteiger partial charge in [0.25, 0.3) is 0 Å². The van der Waals surface area contributed by atoms with E-state index in [4.69, 9.17) is 16.3 Å². The molecule has 19 heavy (non-hydrogen) atoms. The molecule has 1 aliphatic heterocycles. The lowest BCUT2D eigenvalue weighted by Crippen LogP contribution is -2.37. The van der Waals surface area contributed by atoms with E-state index in [9.17, 15) is 0 Å². The van der Waals surface area contributed by atoms with Crippen LogP contribution >= 0.6 is 27.5 Å². The maximum absolute atomic E-state index is 6.34. The lowest BCUT2D eigenvalue weighted by Gasteiger charge is -2.28. The highest BCUT2D eigenvalue weighted by Gasteiger charge is 2.35. The van der Waals surface area contributed by atoms with E-state index >= 15 is 0 Å². The van der Waals surface area contributed by atoms with Crippen LogP contribution in [0.3, 0.4) is 0 Å². The molecule has 0 bridgehead atoms. The van der Waals surface area contributed by atoms with Crippen LogP contribution in [0.25, 0.3) is 0 Å². The van der Waals surface area contributed by atoms with Gasteiger partial charge in [0, 0.05) is 28.1 Å². The Balaban J connectivity index is 2.07. The monoisotopic (exact) mass is 345 g/mol. The first kappa shape index (κ1) is 15.3. The standard InChI is InChI=1S/C15H21BrClNO/c1-2-6-18-10-15(5-7-19-11-15)9-12-3-4-13(16)8-14(12)17/h3-4,8,18H,2,5-7,9-11H2,1H3. The first-order valence-corrected chi connectivity index (χ1v) is 8.05. The van der Waals surface area contributed by atoms with E-state index in [-0.39, 0.29) is 5.41 Å². The predicted molar refractivity (Wildman–Crippen MR) is 83.9 cm³/mol. The maximum atomic E-state index is 6.34. The molecule has 1 aromatic carbocycles. The minimum atomic E-state index is 0.201. The first-order valence-electron chi connectivity index (χ1n) is 6.88. The van der Waals surface area contributed by atoms with Gasteiger partial charge in [-0.15, -0.1) is 0 Å². The van der Waals surface area contributed by atoms with E-state index in [1.807, 2.05) is 6.07 Å². The molecule has 1 N–H and O–H groups in total. The molecule has 0 amide bonds. The van der Waals surface area contributed by atoms with Crippen molar-refractivity contribution in [3.05, 3.63) is 33.3 Å². The van der Waals surface area contributed by atoms with Crippen molar-refractivity contribution < 1.29 is 4.74 Å². The molecule has 1 fully saturated rings. The lowest BCUT2D eigenvalue weighted by molar-refractivity contribution is 0.149. The minimum absolute atomic E-state index is 0.201. The Morgan fingerprint density at radius 2 is 2.32 bits per heavy atom. The highest BCUT2D eigenvalue weighted by molar-refractivity contribution is 9.10. The summed E-state index contributed by atoms with van der Waals surface area (Å²) in [7, 11) is 0. The summed E-state index contributed by atoms with van der Waals surface area (Å²) in [6.07, 6.45) is 3.25. The first-order chi connectivity index (χ1) is 9.15. The number of ether oxygens (including phenoxy) is 1. The molecule has 1 atom stereocenters. The molecule has 0 spiro atoms. The second-order valence-corrected chi connectivity index (χ2v) is 6.71. The molecule has 0 aromatic heterocycles. The number of hydrogen-bond acceptors (Lipinski definition) is 2. The zero-order valence-corrected chi connectivity index (χ0v) is 13.7. The third kappa shape index (κ3) is 4.19. The van der Waals surface area contributed by atoms with Crippen LogP contribution in [0.4, 0.5) is 0 Å². The predicted octanol–water partition coefficient (Wildman–Crippen LogP) is 4.05. The highest BCUT2D eigenvalue weighted by Crippen LogP contribution is 2.35. The quantitative estimate of drug-likeness (QED) is 0.785. The molecular weight excluding hydrogens is 326 g/mol. The van der Waals surface area contributed by atoms with Crippen molar-refractivity contribution in [1.29, 1.82) is 0 Å². The van der Waals surface area contributed by atoms with Gasteiger partial charge in [0.15, 0.2) is 0 Å². The average molecular weight is 347 g/mol. The van der Waals surface area contributed by atoms with Gasteiger partial charge in [-0.2, -0.15) is 0 Å². The molecule has 0 radical (unpaired) electrons. The van der Waals surface area contributed by atoms with Gasteiger partial charge >= 0.3 is 0 Å². The minimum Gasteiger partial charge on any atom is -0.381 e. The second kappa shape index (κ2) is 7.07. The van der Waals surface area contributed by atoms with E-state index in [0.717, 1.165) is 55.1 Å².